The maximum Gasteiger partial charge on any atom is 0.412 e. The lowest BCUT2D eigenvalue weighted by atomic mass is 10.2. The normalized spacial score (nSPS) is 9.91. The Morgan fingerprint density at radius 3 is 2.45 bits per heavy atom. The van der Waals surface area contributed by atoms with E-state index in [2.05, 4.69) is 10.6 Å². The van der Waals surface area contributed by atoms with Gasteiger partial charge in [-0.25, -0.2) is 4.79 Å². The molecule has 6 heteroatoms. The second-order valence-corrected chi connectivity index (χ2v) is 5.06. The van der Waals surface area contributed by atoms with E-state index in [4.69, 9.17) is 16.3 Å². The number of nitrogens with one attached hydrogen (secondary N) is 2. The smallest absolute Gasteiger partial charge is 0.412 e. The molecule has 0 bridgehead atoms. The molecule has 0 aliphatic rings. The van der Waals surface area contributed by atoms with Gasteiger partial charge in [-0.15, -0.1) is 0 Å². The second-order valence-electron chi connectivity index (χ2n) is 4.63. The molecule has 0 saturated heterocycles. The molecule has 2 amide bonds. The number of carbonyl (C=O) groups is 2. The third kappa shape index (κ3) is 5.10. The van der Waals surface area contributed by atoms with E-state index < -0.39 is 12.0 Å². The van der Waals surface area contributed by atoms with Crippen molar-refractivity contribution in [1.29, 1.82) is 0 Å². The van der Waals surface area contributed by atoms with Gasteiger partial charge >= 0.3 is 6.09 Å². The van der Waals surface area contributed by atoms with Crippen molar-refractivity contribution in [2.75, 3.05) is 17.2 Å². The Morgan fingerprint density at radius 1 is 1.05 bits per heavy atom. The Balaban J connectivity index is 1.78. The molecule has 0 aliphatic carbocycles. The lowest BCUT2D eigenvalue weighted by Gasteiger charge is -2.08. The molecule has 0 radical (unpaired) electrons. The van der Waals surface area contributed by atoms with Crippen LogP contribution in [0.1, 0.15) is 5.56 Å². The number of amides is 2. The minimum absolute atomic E-state index is 0.368. The van der Waals surface area contributed by atoms with Crippen molar-refractivity contribution in [3.05, 3.63) is 59.1 Å². The lowest BCUT2D eigenvalue weighted by molar-refractivity contribution is -0.118. The Bertz CT molecular complexity index is 671. The predicted octanol–water partition coefficient (Wildman–Crippen LogP) is 3.84. The highest BCUT2D eigenvalue weighted by Gasteiger charge is 2.08. The topological polar surface area (TPSA) is 67.4 Å². The number of ether oxygens (including phenoxy) is 1. The van der Waals surface area contributed by atoms with Crippen LogP contribution in [0.4, 0.5) is 16.2 Å². The average Bonchev–Trinajstić information content (AvgIpc) is 2.48. The van der Waals surface area contributed by atoms with Gasteiger partial charge in [-0.2, -0.15) is 0 Å². The van der Waals surface area contributed by atoms with E-state index >= 15 is 0 Å². The fourth-order valence-electron chi connectivity index (χ4n) is 1.74. The van der Waals surface area contributed by atoms with Crippen molar-refractivity contribution in [2.45, 2.75) is 6.92 Å². The van der Waals surface area contributed by atoms with Crippen molar-refractivity contribution in [1.82, 2.24) is 0 Å². The minimum atomic E-state index is -0.707. The summed E-state index contributed by atoms with van der Waals surface area (Å²) >= 11 is 5.74. The predicted molar refractivity (Wildman–Crippen MR) is 86.2 cm³/mol. The fraction of sp³-hybridized carbons (Fsp3) is 0.125. The Labute approximate surface area is 133 Å². The molecule has 22 heavy (non-hydrogen) atoms. The van der Waals surface area contributed by atoms with E-state index in [-0.39, 0.29) is 6.61 Å². The van der Waals surface area contributed by atoms with Gasteiger partial charge in [0.2, 0.25) is 0 Å². The second kappa shape index (κ2) is 7.47. The summed E-state index contributed by atoms with van der Waals surface area (Å²) in [6, 6.07) is 13.9. The number of rotatable bonds is 4. The van der Waals surface area contributed by atoms with Crippen molar-refractivity contribution < 1.29 is 14.3 Å². The van der Waals surface area contributed by atoms with Gasteiger partial charge in [0.1, 0.15) is 0 Å². The van der Waals surface area contributed by atoms with Gasteiger partial charge in [0, 0.05) is 16.4 Å². The number of halogens is 1. The Hall–Kier alpha value is -2.53. The molecular formula is C16H15ClN2O3. The molecule has 2 aromatic rings. The average molecular weight is 319 g/mol. The van der Waals surface area contributed by atoms with Crippen LogP contribution < -0.4 is 10.6 Å². The first-order valence-electron chi connectivity index (χ1n) is 6.59. The Kier molecular flexibility index (Phi) is 5.38. The molecule has 2 N–H and O–H groups in total. The minimum Gasteiger partial charge on any atom is -0.439 e. The summed E-state index contributed by atoms with van der Waals surface area (Å²) in [6.45, 7) is 1.55. The standard InChI is InChI=1S/C16H15ClN2O3/c1-11-3-2-4-14(9-11)18-15(20)10-22-16(21)19-13-7-5-12(17)6-8-13/h2-9H,10H2,1H3,(H,18,20)(H,19,21). The number of carbonyl (C=O) groups excluding carboxylic acids is 2. The molecule has 2 aromatic carbocycles. The number of benzene rings is 2. The summed E-state index contributed by atoms with van der Waals surface area (Å²) in [4.78, 5) is 23.3. The van der Waals surface area contributed by atoms with Crippen molar-refractivity contribution in [2.24, 2.45) is 0 Å². The first kappa shape index (κ1) is 15.9. The van der Waals surface area contributed by atoms with E-state index in [1.54, 1.807) is 30.3 Å². The third-order valence-electron chi connectivity index (χ3n) is 2.73. The quantitative estimate of drug-likeness (QED) is 0.900. The van der Waals surface area contributed by atoms with Crippen LogP contribution in [0.3, 0.4) is 0 Å². The van der Waals surface area contributed by atoms with Gasteiger partial charge in [0.25, 0.3) is 5.91 Å². The third-order valence-corrected chi connectivity index (χ3v) is 2.98. The zero-order valence-corrected chi connectivity index (χ0v) is 12.7. The van der Waals surface area contributed by atoms with Gasteiger partial charge in [-0.1, -0.05) is 23.7 Å². The molecule has 114 valence electrons. The maximum absolute atomic E-state index is 11.7. The summed E-state index contributed by atoms with van der Waals surface area (Å²) in [7, 11) is 0. The molecule has 0 heterocycles. The SMILES string of the molecule is Cc1cccc(NC(=O)COC(=O)Nc2ccc(Cl)cc2)c1. The van der Waals surface area contributed by atoms with Crippen LogP contribution in [0.25, 0.3) is 0 Å². The summed E-state index contributed by atoms with van der Waals surface area (Å²) < 4.78 is 4.85. The van der Waals surface area contributed by atoms with E-state index in [9.17, 15) is 9.59 Å². The molecule has 0 spiro atoms. The van der Waals surface area contributed by atoms with E-state index in [1.165, 1.54) is 0 Å². The zero-order valence-electron chi connectivity index (χ0n) is 11.9. The molecular weight excluding hydrogens is 304 g/mol. The van der Waals surface area contributed by atoms with Gasteiger partial charge in [0.05, 0.1) is 0 Å². The highest BCUT2D eigenvalue weighted by atomic mass is 35.5. The van der Waals surface area contributed by atoms with Gasteiger partial charge in [-0.05, 0) is 48.9 Å². The molecule has 0 unspecified atom stereocenters. The highest BCUT2D eigenvalue weighted by Crippen LogP contribution is 2.13. The first-order valence-corrected chi connectivity index (χ1v) is 6.96. The summed E-state index contributed by atoms with van der Waals surface area (Å²) in [5, 5.41) is 5.71. The Morgan fingerprint density at radius 2 is 1.77 bits per heavy atom. The van der Waals surface area contributed by atoms with Crippen LogP contribution in [0, 0.1) is 6.92 Å². The van der Waals surface area contributed by atoms with Crippen LogP contribution in [-0.4, -0.2) is 18.6 Å². The first-order chi connectivity index (χ1) is 10.5. The molecule has 0 aromatic heterocycles. The van der Waals surface area contributed by atoms with Crippen LogP contribution in [0.2, 0.25) is 5.02 Å². The van der Waals surface area contributed by atoms with E-state index in [0.29, 0.717) is 16.4 Å². The van der Waals surface area contributed by atoms with Crippen molar-refractivity contribution in [3.8, 4) is 0 Å². The molecule has 5 nitrogen and oxygen atoms in total. The molecule has 2 rings (SSSR count). The van der Waals surface area contributed by atoms with E-state index in [1.807, 2.05) is 25.1 Å². The molecule has 0 atom stereocenters. The van der Waals surface area contributed by atoms with Crippen LogP contribution in [-0.2, 0) is 9.53 Å². The number of hydrogen-bond acceptors (Lipinski definition) is 3. The number of hydrogen-bond donors (Lipinski definition) is 2. The molecule has 0 saturated carbocycles. The van der Waals surface area contributed by atoms with Crippen LogP contribution in [0.15, 0.2) is 48.5 Å². The molecule has 0 fully saturated rings. The number of anilines is 2. The summed E-state index contributed by atoms with van der Waals surface area (Å²) in [6.07, 6.45) is -0.707. The van der Waals surface area contributed by atoms with Crippen LogP contribution in [0.5, 0.6) is 0 Å². The van der Waals surface area contributed by atoms with Gasteiger partial charge < -0.3 is 10.1 Å². The van der Waals surface area contributed by atoms with Gasteiger partial charge in [0.15, 0.2) is 6.61 Å². The van der Waals surface area contributed by atoms with Crippen molar-refractivity contribution in [3.63, 3.8) is 0 Å². The van der Waals surface area contributed by atoms with Crippen molar-refractivity contribution >= 4 is 35.0 Å². The van der Waals surface area contributed by atoms with Gasteiger partial charge in [-0.3, -0.25) is 10.1 Å². The lowest BCUT2D eigenvalue weighted by Crippen LogP contribution is -2.23. The van der Waals surface area contributed by atoms with E-state index in [0.717, 1.165) is 5.56 Å². The fourth-order valence-corrected chi connectivity index (χ4v) is 1.86. The zero-order chi connectivity index (χ0) is 15.9. The highest BCUT2D eigenvalue weighted by molar-refractivity contribution is 6.30. The molecule has 0 aliphatic heterocycles. The maximum atomic E-state index is 11.7. The largest absolute Gasteiger partial charge is 0.439 e. The summed E-state index contributed by atoms with van der Waals surface area (Å²) in [5.41, 5.74) is 2.22. The monoisotopic (exact) mass is 318 g/mol. The van der Waals surface area contributed by atoms with Crippen LogP contribution >= 0.6 is 11.6 Å². The number of aryl methyl sites for hydroxylation is 1. The summed E-state index contributed by atoms with van der Waals surface area (Å²) in [5.74, 6) is -0.406.